The van der Waals surface area contributed by atoms with Gasteiger partial charge in [-0.15, -0.1) is 0 Å². The van der Waals surface area contributed by atoms with Crippen LogP contribution in [-0.4, -0.2) is 6.61 Å². The minimum atomic E-state index is -0.0138. The van der Waals surface area contributed by atoms with E-state index >= 15 is 0 Å². The van der Waals surface area contributed by atoms with Crippen LogP contribution < -0.4 is 0 Å². The van der Waals surface area contributed by atoms with Crippen molar-refractivity contribution in [1.82, 2.24) is 0 Å². The van der Waals surface area contributed by atoms with Crippen LogP contribution in [0.25, 0.3) is 0 Å². The summed E-state index contributed by atoms with van der Waals surface area (Å²) in [7, 11) is 0. The number of epoxide rings is 1. The predicted molar refractivity (Wildman–Crippen MR) is 47.4 cm³/mol. The molecule has 2 heteroatoms. The number of halogens is 1. The van der Waals surface area contributed by atoms with Gasteiger partial charge in [-0.25, -0.2) is 0 Å². The lowest BCUT2D eigenvalue weighted by Crippen LogP contribution is -2.02. The minimum Gasteiger partial charge on any atom is -0.365 e. The molecule has 1 fully saturated rings. The van der Waals surface area contributed by atoms with E-state index in [4.69, 9.17) is 4.74 Å². The van der Waals surface area contributed by atoms with Crippen molar-refractivity contribution in [3.63, 3.8) is 0 Å². The summed E-state index contributed by atoms with van der Waals surface area (Å²) in [5.74, 6) is 0. The molecule has 1 nitrogen and oxygen atoms in total. The molecule has 1 heterocycles. The quantitative estimate of drug-likeness (QED) is 0.653. The summed E-state index contributed by atoms with van der Waals surface area (Å²) in [5.41, 5.74) is 1.24. The van der Waals surface area contributed by atoms with Gasteiger partial charge in [0, 0.05) is 10.0 Å². The van der Waals surface area contributed by atoms with Crippen molar-refractivity contribution in [1.29, 1.82) is 0 Å². The first kappa shape index (κ1) is 7.32. The van der Waals surface area contributed by atoms with Crippen molar-refractivity contribution in [2.24, 2.45) is 0 Å². The topological polar surface area (TPSA) is 12.5 Å². The highest BCUT2D eigenvalue weighted by Crippen LogP contribution is 2.41. The molecule has 0 spiro atoms. The van der Waals surface area contributed by atoms with Crippen molar-refractivity contribution >= 4 is 15.9 Å². The zero-order chi connectivity index (χ0) is 7.90. The van der Waals surface area contributed by atoms with E-state index in [9.17, 15) is 0 Å². The lowest BCUT2D eigenvalue weighted by Gasteiger charge is -2.06. The molecule has 2 rings (SSSR count). The maximum absolute atomic E-state index is 5.33. The predicted octanol–water partition coefficient (Wildman–Crippen LogP) is 2.69. The van der Waals surface area contributed by atoms with Crippen LogP contribution in [0.15, 0.2) is 28.7 Å². The number of benzene rings is 1. The fraction of sp³-hybridized carbons (Fsp3) is 0.333. The molecular weight excluding hydrogens is 204 g/mol. The van der Waals surface area contributed by atoms with E-state index < -0.39 is 0 Å². The molecule has 1 aromatic carbocycles. The zero-order valence-corrected chi connectivity index (χ0v) is 7.89. The van der Waals surface area contributed by atoms with E-state index in [1.54, 1.807) is 0 Å². The van der Waals surface area contributed by atoms with E-state index in [0.717, 1.165) is 11.1 Å². The Bertz CT molecular complexity index is 279. The van der Waals surface area contributed by atoms with Gasteiger partial charge in [0.05, 0.1) is 6.61 Å². The van der Waals surface area contributed by atoms with Gasteiger partial charge in [-0.1, -0.05) is 34.1 Å². The lowest BCUT2D eigenvalue weighted by atomic mass is 10.0. The van der Waals surface area contributed by atoms with Crippen molar-refractivity contribution in [2.45, 2.75) is 12.5 Å². The Morgan fingerprint density at radius 2 is 2.09 bits per heavy atom. The minimum absolute atomic E-state index is 0.0138. The summed E-state index contributed by atoms with van der Waals surface area (Å²) in [6, 6.07) is 8.19. The second kappa shape index (κ2) is 2.32. The lowest BCUT2D eigenvalue weighted by molar-refractivity contribution is 0.328. The highest BCUT2D eigenvalue weighted by atomic mass is 79.9. The summed E-state index contributed by atoms with van der Waals surface area (Å²) in [4.78, 5) is 0. The maximum Gasteiger partial charge on any atom is 0.115 e. The van der Waals surface area contributed by atoms with Gasteiger partial charge in [0.15, 0.2) is 0 Å². The van der Waals surface area contributed by atoms with Crippen LogP contribution >= 0.6 is 15.9 Å². The van der Waals surface area contributed by atoms with Crippen LogP contribution in [0.4, 0.5) is 0 Å². The third kappa shape index (κ3) is 1.21. The fourth-order valence-electron chi connectivity index (χ4n) is 1.15. The Kier molecular flexibility index (Phi) is 1.55. The number of hydrogen-bond acceptors (Lipinski definition) is 1. The molecular formula is C9H9BrO. The monoisotopic (exact) mass is 212 g/mol. The molecule has 0 saturated carbocycles. The average Bonchev–Trinajstić information content (AvgIpc) is 2.70. The van der Waals surface area contributed by atoms with Gasteiger partial charge in [-0.2, -0.15) is 0 Å². The molecule has 1 saturated heterocycles. The van der Waals surface area contributed by atoms with Gasteiger partial charge >= 0.3 is 0 Å². The Hall–Kier alpha value is -0.340. The van der Waals surface area contributed by atoms with Crippen LogP contribution in [-0.2, 0) is 10.3 Å². The first-order valence-electron chi connectivity index (χ1n) is 3.61. The van der Waals surface area contributed by atoms with Gasteiger partial charge in [-0.05, 0) is 13.0 Å². The molecule has 0 aliphatic carbocycles. The highest BCUT2D eigenvalue weighted by molar-refractivity contribution is 9.10. The largest absolute Gasteiger partial charge is 0.365 e. The van der Waals surface area contributed by atoms with Crippen molar-refractivity contribution in [2.75, 3.05) is 6.61 Å². The Morgan fingerprint density at radius 3 is 2.64 bits per heavy atom. The molecule has 11 heavy (non-hydrogen) atoms. The van der Waals surface area contributed by atoms with Gasteiger partial charge in [-0.3, -0.25) is 0 Å². The second-order valence-electron chi connectivity index (χ2n) is 3.00. The summed E-state index contributed by atoms with van der Waals surface area (Å²) in [6.45, 7) is 2.95. The van der Waals surface area contributed by atoms with E-state index in [-0.39, 0.29) is 5.60 Å². The molecule has 1 aliphatic rings. The fourth-order valence-corrected chi connectivity index (χ4v) is 1.86. The van der Waals surface area contributed by atoms with Crippen molar-refractivity contribution in [3.8, 4) is 0 Å². The highest BCUT2D eigenvalue weighted by Gasteiger charge is 2.42. The average molecular weight is 213 g/mol. The van der Waals surface area contributed by atoms with Crippen molar-refractivity contribution in [3.05, 3.63) is 34.3 Å². The SMILES string of the molecule is CC1(c2ccccc2Br)CO1. The van der Waals surface area contributed by atoms with Crippen LogP contribution in [0.5, 0.6) is 0 Å². The molecule has 1 atom stereocenters. The standard InChI is InChI=1S/C9H9BrO/c1-9(6-11-9)7-4-2-3-5-8(7)10/h2-5H,6H2,1H3. The van der Waals surface area contributed by atoms with E-state index in [1.165, 1.54) is 5.56 Å². The molecule has 1 aliphatic heterocycles. The van der Waals surface area contributed by atoms with Gasteiger partial charge in [0.2, 0.25) is 0 Å². The summed E-state index contributed by atoms with van der Waals surface area (Å²) in [6.07, 6.45) is 0. The van der Waals surface area contributed by atoms with E-state index in [2.05, 4.69) is 28.9 Å². The van der Waals surface area contributed by atoms with Gasteiger partial charge < -0.3 is 4.74 Å². The number of rotatable bonds is 1. The number of ether oxygens (including phenoxy) is 1. The third-order valence-corrected chi connectivity index (χ3v) is 2.71. The van der Waals surface area contributed by atoms with Crippen molar-refractivity contribution < 1.29 is 4.74 Å². The summed E-state index contributed by atoms with van der Waals surface area (Å²) >= 11 is 3.49. The molecule has 0 radical (unpaired) electrons. The Morgan fingerprint density at radius 1 is 1.45 bits per heavy atom. The number of hydrogen-bond donors (Lipinski definition) is 0. The third-order valence-electron chi connectivity index (χ3n) is 2.02. The van der Waals surface area contributed by atoms with Gasteiger partial charge in [0.25, 0.3) is 0 Å². The maximum atomic E-state index is 5.33. The normalized spacial score (nSPS) is 28.5. The van der Waals surface area contributed by atoms with Crippen LogP contribution in [0.2, 0.25) is 0 Å². The van der Waals surface area contributed by atoms with Crippen LogP contribution in [0.1, 0.15) is 12.5 Å². The van der Waals surface area contributed by atoms with E-state index in [1.807, 2.05) is 18.2 Å². The van der Waals surface area contributed by atoms with Crippen LogP contribution in [0.3, 0.4) is 0 Å². The Balaban J connectivity index is 2.45. The molecule has 58 valence electrons. The molecule has 0 aromatic heterocycles. The van der Waals surface area contributed by atoms with E-state index in [0.29, 0.717) is 0 Å². The first-order valence-corrected chi connectivity index (χ1v) is 4.41. The molecule has 0 N–H and O–H groups in total. The zero-order valence-electron chi connectivity index (χ0n) is 6.30. The smallest absolute Gasteiger partial charge is 0.115 e. The molecule has 1 unspecified atom stereocenters. The molecule has 0 bridgehead atoms. The summed E-state index contributed by atoms with van der Waals surface area (Å²) in [5, 5.41) is 0. The van der Waals surface area contributed by atoms with Crippen LogP contribution in [0, 0.1) is 0 Å². The first-order chi connectivity index (χ1) is 5.22. The molecule has 1 aromatic rings. The Labute approximate surface area is 74.5 Å². The second-order valence-corrected chi connectivity index (χ2v) is 3.85. The molecule has 0 amide bonds. The van der Waals surface area contributed by atoms with Gasteiger partial charge in [0.1, 0.15) is 5.60 Å². The summed E-state index contributed by atoms with van der Waals surface area (Å²) < 4.78 is 6.47.